The van der Waals surface area contributed by atoms with E-state index < -0.39 is 11.9 Å². The summed E-state index contributed by atoms with van der Waals surface area (Å²) < 4.78 is 10.6. The number of hydrogen-bond acceptors (Lipinski definition) is 4. The zero-order chi connectivity index (χ0) is 19.5. The third kappa shape index (κ3) is 4.72. The van der Waals surface area contributed by atoms with Crippen LogP contribution < -0.4 is 9.47 Å². The van der Waals surface area contributed by atoms with Crippen LogP contribution in [0.15, 0.2) is 48.5 Å². The summed E-state index contributed by atoms with van der Waals surface area (Å²) in [4.78, 5) is 24.5. The Labute approximate surface area is 155 Å². The quantitative estimate of drug-likeness (QED) is 0.442. The first-order valence-corrected chi connectivity index (χ1v) is 8.63. The predicted octanol–water partition coefficient (Wildman–Crippen LogP) is 4.79. The Kier molecular flexibility index (Phi) is 5.55. The first kappa shape index (κ1) is 19.7. The Hall–Kier alpha value is -2.62. The van der Waals surface area contributed by atoms with E-state index in [9.17, 15) is 9.59 Å². The van der Waals surface area contributed by atoms with Gasteiger partial charge in [0.15, 0.2) is 0 Å². The second-order valence-corrected chi connectivity index (χ2v) is 8.27. The lowest BCUT2D eigenvalue weighted by Gasteiger charge is -2.22. The van der Waals surface area contributed by atoms with Crippen molar-refractivity contribution in [2.24, 2.45) is 0 Å². The molecule has 0 radical (unpaired) electrons. The van der Waals surface area contributed by atoms with Crippen LogP contribution in [0, 0.1) is 0 Å². The lowest BCUT2D eigenvalue weighted by molar-refractivity contribution is -0.156. The number of para-hydroxylation sites is 2. The SMILES string of the molecule is CC(C)(C)c1ccccc1OC(=O)C(=O)Oc1ccccc1C(C)(C)C. The molecule has 0 aliphatic carbocycles. The number of rotatable bonds is 2. The Bertz CT molecular complexity index is 738. The van der Waals surface area contributed by atoms with Crippen LogP contribution in [0.5, 0.6) is 11.5 Å². The van der Waals surface area contributed by atoms with Crippen molar-refractivity contribution in [1.82, 2.24) is 0 Å². The lowest BCUT2D eigenvalue weighted by atomic mass is 9.86. The summed E-state index contributed by atoms with van der Waals surface area (Å²) in [6.45, 7) is 12.1. The zero-order valence-corrected chi connectivity index (χ0v) is 16.3. The largest absolute Gasteiger partial charge is 0.423 e. The summed E-state index contributed by atoms with van der Waals surface area (Å²) in [5.74, 6) is -1.34. The molecule has 4 nitrogen and oxygen atoms in total. The first-order valence-electron chi connectivity index (χ1n) is 8.63. The average molecular weight is 354 g/mol. The van der Waals surface area contributed by atoms with E-state index in [-0.39, 0.29) is 10.8 Å². The number of carbonyl (C=O) groups excluding carboxylic acids is 2. The Morgan fingerprint density at radius 1 is 0.615 bits per heavy atom. The molecule has 0 spiro atoms. The van der Waals surface area contributed by atoms with Crippen molar-refractivity contribution in [3.8, 4) is 11.5 Å². The van der Waals surface area contributed by atoms with E-state index in [0.29, 0.717) is 11.5 Å². The first-order chi connectivity index (χ1) is 12.0. The van der Waals surface area contributed by atoms with Crippen LogP contribution in [0.1, 0.15) is 52.7 Å². The molecule has 2 aromatic rings. The average Bonchev–Trinajstić information content (AvgIpc) is 2.53. The van der Waals surface area contributed by atoms with E-state index in [1.807, 2.05) is 65.8 Å². The van der Waals surface area contributed by atoms with Crippen LogP contribution in [0.3, 0.4) is 0 Å². The Morgan fingerprint density at radius 3 is 1.23 bits per heavy atom. The second-order valence-electron chi connectivity index (χ2n) is 8.27. The highest BCUT2D eigenvalue weighted by Gasteiger charge is 2.26. The molecule has 2 aromatic carbocycles. The molecule has 0 N–H and O–H groups in total. The molecule has 0 aromatic heterocycles. The molecule has 0 fully saturated rings. The van der Waals surface area contributed by atoms with Gasteiger partial charge in [-0.15, -0.1) is 0 Å². The molecule has 0 atom stereocenters. The predicted molar refractivity (Wildman–Crippen MR) is 102 cm³/mol. The van der Waals surface area contributed by atoms with Crippen LogP contribution >= 0.6 is 0 Å². The molecule has 0 amide bonds. The minimum atomic E-state index is -1.04. The highest BCUT2D eigenvalue weighted by Crippen LogP contribution is 2.32. The molecule has 2 rings (SSSR count). The van der Waals surface area contributed by atoms with Gasteiger partial charge in [-0.25, -0.2) is 9.59 Å². The molecular formula is C22H26O4. The number of carbonyl (C=O) groups is 2. The number of hydrogen-bond donors (Lipinski definition) is 0. The molecule has 26 heavy (non-hydrogen) atoms. The maximum absolute atomic E-state index is 12.3. The molecule has 0 unspecified atom stereocenters. The fourth-order valence-corrected chi connectivity index (χ4v) is 2.63. The maximum Gasteiger partial charge on any atom is 0.423 e. The van der Waals surface area contributed by atoms with Crippen molar-refractivity contribution in [3.63, 3.8) is 0 Å². The van der Waals surface area contributed by atoms with Gasteiger partial charge in [-0.05, 0) is 23.0 Å². The van der Waals surface area contributed by atoms with E-state index in [0.717, 1.165) is 11.1 Å². The third-order valence-corrected chi connectivity index (χ3v) is 3.96. The third-order valence-electron chi connectivity index (χ3n) is 3.96. The summed E-state index contributed by atoms with van der Waals surface area (Å²) in [6.07, 6.45) is 0. The van der Waals surface area contributed by atoms with Crippen LogP contribution in [0.4, 0.5) is 0 Å². The van der Waals surface area contributed by atoms with E-state index in [4.69, 9.17) is 9.47 Å². The van der Waals surface area contributed by atoms with Crippen molar-refractivity contribution < 1.29 is 19.1 Å². The van der Waals surface area contributed by atoms with Gasteiger partial charge in [0, 0.05) is 11.1 Å². The lowest BCUT2D eigenvalue weighted by Crippen LogP contribution is -2.27. The van der Waals surface area contributed by atoms with Gasteiger partial charge in [-0.3, -0.25) is 0 Å². The standard InChI is InChI=1S/C22H26O4/c1-21(2,3)15-11-7-9-13-17(15)25-19(23)20(24)26-18-14-10-8-12-16(18)22(4,5)6/h7-14H,1-6H3. The van der Waals surface area contributed by atoms with Crippen molar-refractivity contribution in [3.05, 3.63) is 59.7 Å². The van der Waals surface area contributed by atoms with E-state index >= 15 is 0 Å². The Morgan fingerprint density at radius 2 is 0.923 bits per heavy atom. The fraction of sp³-hybridized carbons (Fsp3) is 0.364. The van der Waals surface area contributed by atoms with E-state index in [1.165, 1.54) is 0 Å². The molecular weight excluding hydrogens is 328 g/mol. The van der Waals surface area contributed by atoms with Gasteiger partial charge in [-0.1, -0.05) is 77.9 Å². The van der Waals surface area contributed by atoms with Crippen molar-refractivity contribution in [2.75, 3.05) is 0 Å². The smallest absolute Gasteiger partial charge is 0.418 e. The molecule has 138 valence electrons. The minimum absolute atomic E-state index is 0.223. The highest BCUT2D eigenvalue weighted by atomic mass is 16.6. The topological polar surface area (TPSA) is 52.6 Å². The molecule has 0 saturated carbocycles. The summed E-state index contributed by atoms with van der Waals surface area (Å²) >= 11 is 0. The van der Waals surface area contributed by atoms with Crippen LogP contribution in [0.2, 0.25) is 0 Å². The summed E-state index contributed by atoms with van der Waals surface area (Å²) in [5, 5.41) is 0. The fourth-order valence-electron chi connectivity index (χ4n) is 2.63. The number of esters is 2. The molecule has 0 aliphatic rings. The summed E-state index contributed by atoms with van der Waals surface area (Å²) in [5.41, 5.74) is 1.24. The molecule has 0 heterocycles. The van der Waals surface area contributed by atoms with Crippen molar-refractivity contribution in [1.29, 1.82) is 0 Å². The van der Waals surface area contributed by atoms with Crippen LogP contribution in [-0.2, 0) is 20.4 Å². The normalized spacial score (nSPS) is 11.8. The molecule has 0 bridgehead atoms. The summed E-state index contributed by atoms with van der Waals surface area (Å²) in [7, 11) is 0. The van der Waals surface area contributed by atoms with Gasteiger partial charge < -0.3 is 9.47 Å². The zero-order valence-electron chi connectivity index (χ0n) is 16.3. The molecule has 0 aliphatic heterocycles. The second kappa shape index (κ2) is 7.32. The van der Waals surface area contributed by atoms with E-state index in [2.05, 4.69) is 0 Å². The van der Waals surface area contributed by atoms with Gasteiger partial charge in [-0.2, -0.15) is 0 Å². The van der Waals surface area contributed by atoms with Gasteiger partial charge in [0.25, 0.3) is 0 Å². The van der Waals surface area contributed by atoms with Crippen molar-refractivity contribution >= 4 is 11.9 Å². The maximum atomic E-state index is 12.3. The molecule has 4 heteroatoms. The van der Waals surface area contributed by atoms with Gasteiger partial charge in [0.1, 0.15) is 11.5 Å². The number of ether oxygens (including phenoxy) is 2. The van der Waals surface area contributed by atoms with Gasteiger partial charge in [0.05, 0.1) is 0 Å². The minimum Gasteiger partial charge on any atom is -0.418 e. The van der Waals surface area contributed by atoms with Gasteiger partial charge >= 0.3 is 11.9 Å². The van der Waals surface area contributed by atoms with Crippen LogP contribution in [0.25, 0.3) is 0 Å². The van der Waals surface area contributed by atoms with Crippen molar-refractivity contribution in [2.45, 2.75) is 52.4 Å². The summed E-state index contributed by atoms with van der Waals surface area (Å²) in [6, 6.07) is 14.4. The highest BCUT2D eigenvalue weighted by molar-refractivity contribution is 6.31. The molecule has 0 saturated heterocycles. The monoisotopic (exact) mass is 354 g/mol. The van der Waals surface area contributed by atoms with E-state index in [1.54, 1.807) is 24.3 Å². The van der Waals surface area contributed by atoms with Crippen LogP contribution in [-0.4, -0.2) is 11.9 Å². The Balaban J connectivity index is 2.20. The number of benzene rings is 2. The van der Waals surface area contributed by atoms with Gasteiger partial charge in [0.2, 0.25) is 0 Å².